The molecule has 26 heavy (non-hydrogen) atoms. The van der Waals surface area contributed by atoms with Gasteiger partial charge in [-0.3, -0.25) is 0 Å². The molecule has 1 unspecified atom stereocenters. The van der Waals surface area contributed by atoms with Gasteiger partial charge in [0, 0.05) is 33.7 Å². The molecule has 0 spiro atoms. The predicted octanol–water partition coefficient (Wildman–Crippen LogP) is 4.84. The van der Waals surface area contributed by atoms with E-state index in [9.17, 15) is 17.2 Å². The standard InChI is InChI=1S/C18H23BrF2N2O2S/c1-18(2,3)10-23-9-14(13-7-4-11(19)8-15(13)23)16(17(20)21)22-26(24,25)12-5-6-12/h4,7-9,12,16-17,22H,5-6,10H2,1-3H3. The maximum Gasteiger partial charge on any atom is 0.258 e. The van der Waals surface area contributed by atoms with E-state index in [0.29, 0.717) is 30.3 Å². The molecule has 1 aromatic heterocycles. The zero-order valence-electron chi connectivity index (χ0n) is 15.0. The van der Waals surface area contributed by atoms with Crippen molar-refractivity contribution in [1.82, 2.24) is 9.29 Å². The summed E-state index contributed by atoms with van der Waals surface area (Å²) in [6.45, 7) is 6.83. The molecular weight excluding hydrogens is 426 g/mol. The summed E-state index contributed by atoms with van der Waals surface area (Å²) in [5.41, 5.74) is 1.07. The average molecular weight is 449 g/mol. The number of alkyl halides is 2. The molecule has 1 aliphatic rings. The van der Waals surface area contributed by atoms with Crippen LogP contribution in [0.4, 0.5) is 8.78 Å². The third-order valence-electron chi connectivity index (χ3n) is 4.36. The number of hydrogen-bond donors (Lipinski definition) is 1. The molecule has 1 aromatic carbocycles. The molecule has 1 aliphatic carbocycles. The van der Waals surface area contributed by atoms with Gasteiger partial charge in [-0.2, -0.15) is 0 Å². The first kappa shape index (κ1) is 19.8. The molecule has 1 heterocycles. The number of halogens is 3. The van der Waals surface area contributed by atoms with Crippen LogP contribution in [0.1, 0.15) is 45.2 Å². The van der Waals surface area contributed by atoms with Crippen molar-refractivity contribution in [3.63, 3.8) is 0 Å². The second-order valence-corrected chi connectivity index (χ2v) is 11.0. The molecule has 1 fully saturated rings. The van der Waals surface area contributed by atoms with Gasteiger partial charge in [0.15, 0.2) is 0 Å². The molecule has 0 amide bonds. The number of rotatable bonds is 6. The Morgan fingerprint density at radius 3 is 2.50 bits per heavy atom. The van der Waals surface area contributed by atoms with Gasteiger partial charge in [0.1, 0.15) is 6.04 Å². The topological polar surface area (TPSA) is 51.1 Å². The lowest BCUT2D eigenvalue weighted by Gasteiger charge is -2.20. The lowest BCUT2D eigenvalue weighted by Crippen LogP contribution is -2.35. The maximum atomic E-state index is 13.8. The van der Waals surface area contributed by atoms with E-state index in [1.165, 1.54) is 0 Å². The lowest BCUT2D eigenvalue weighted by molar-refractivity contribution is 0.109. The number of hydrogen-bond acceptors (Lipinski definition) is 2. The molecule has 1 atom stereocenters. The minimum Gasteiger partial charge on any atom is -0.347 e. The molecule has 1 saturated carbocycles. The highest BCUT2D eigenvalue weighted by atomic mass is 79.9. The first-order valence-corrected chi connectivity index (χ1v) is 10.9. The number of nitrogens with zero attached hydrogens (tertiary/aromatic N) is 1. The van der Waals surface area contributed by atoms with Crippen molar-refractivity contribution in [2.45, 2.75) is 57.9 Å². The van der Waals surface area contributed by atoms with Crippen LogP contribution in [0.2, 0.25) is 0 Å². The van der Waals surface area contributed by atoms with E-state index in [2.05, 4.69) is 41.4 Å². The maximum absolute atomic E-state index is 13.8. The molecule has 144 valence electrons. The van der Waals surface area contributed by atoms with Crippen molar-refractivity contribution in [3.05, 3.63) is 34.4 Å². The zero-order valence-corrected chi connectivity index (χ0v) is 17.4. The normalized spacial score (nSPS) is 17.2. The number of aromatic nitrogens is 1. The van der Waals surface area contributed by atoms with E-state index in [4.69, 9.17) is 0 Å². The summed E-state index contributed by atoms with van der Waals surface area (Å²) in [5, 5.41) is 0.0991. The smallest absolute Gasteiger partial charge is 0.258 e. The Kier molecular flexibility index (Phi) is 5.22. The van der Waals surface area contributed by atoms with Crippen LogP contribution in [0.15, 0.2) is 28.9 Å². The Morgan fingerprint density at radius 2 is 1.96 bits per heavy atom. The number of benzene rings is 1. The van der Waals surface area contributed by atoms with Gasteiger partial charge in [0.05, 0.1) is 5.25 Å². The van der Waals surface area contributed by atoms with Crippen LogP contribution in [0, 0.1) is 5.41 Å². The van der Waals surface area contributed by atoms with E-state index in [-0.39, 0.29) is 5.41 Å². The van der Waals surface area contributed by atoms with Crippen molar-refractivity contribution >= 4 is 36.9 Å². The first-order chi connectivity index (χ1) is 12.0. The van der Waals surface area contributed by atoms with Crippen molar-refractivity contribution in [1.29, 1.82) is 0 Å². The second-order valence-electron chi connectivity index (χ2n) is 8.11. The molecule has 2 aromatic rings. The SMILES string of the molecule is CC(C)(C)Cn1cc(C(NS(=O)(=O)C2CC2)C(F)F)c2ccc(Br)cc21. The Labute approximate surface area is 161 Å². The zero-order chi connectivity index (χ0) is 19.3. The van der Waals surface area contributed by atoms with Gasteiger partial charge in [-0.25, -0.2) is 21.9 Å². The summed E-state index contributed by atoms with van der Waals surface area (Å²) in [7, 11) is -3.73. The molecule has 8 heteroatoms. The van der Waals surface area contributed by atoms with Crippen LogP contribution in [-0.4, -0.2) is 24.7 Å². The molecule has 4 nitrogen and oxygen atoms in total. The average Bonchev–Trinajstić information content (AvgIpc) is 3.29. The fourth-order valence-corrected chi connectivity index (χ4v) is 4.97. The van der Waals surface area contributed by atoms with E-state index >= 15 is 0 Å². The van der Waals surface area contributed by atoms with Crippen LogP contribution in [0.5, 0.6) is 0 Å². The van der Waals surface area contributed by atoms with E-state index in [0.717, 1.165) is 9.99 Å². The third kappa shape index (κ3) is 4.28. The fraction of sp³-hybridized carbons (Fsp3) is 0.556. The van der Waals surface area contributed by atoms with Crippen LogP contribution in [0.3, 0.4) is 0 Å². The van der Waals surface area contributed by atoms with Gasteiger partial charge in [0.25, 0.3) is 6.43 Å². The first-order valence-electron chi connectivity index (χ1n) is 8.55. The highest BCUT2D eigenvalue weighted by molar-refractivity contribution is 9.10. The van der Waals surface area contributed by atoms with E-state index < -0.39 is 27.7 Å². The van der Waals surface area contributed by atoms with Crippen molar-refractivity contribution in [2.75, 3.05) is 0 Å². The molecular formula is C18H23BrF2N2O2S. The van der Waals surface area contributed by atoms with Gasteiger partial charge in [-0.1, -0.05) is 42.8 Å². The fourth-order valence-electron chi connectivity index (χ4n) is 3.09. The van der Waals surface area contributed by atoms with Gasteiger partial charge in [-0.15, -0.1) is 0 Å². The summed E-state index contributed by atoms with van der Waals surface area (Å²) in [4.78, 5) is 0. The van der Waals surface area contributed by atoms with Crippen LogP contribution >= 0.6 is 15.9 Å². The number of sulfonamides is 1. The molecule has 1 N–H and O–H groups in total. The highest BCUT2D eigenvalue weighted by Crippen LogP contribution is 2.36. The third-order valence-corrected chi connectivity index (χ3v) is 6.79. The summed E-state index contributed by atoms with van der Waals surface area (Å²) in [5.74, 6) is 0. The van der Waals surface area contributed by atoms with Crippen LogP contribution < -0.4 is 4.72 Å². The van der Waals surface area contributed by atoms with Crippen molar-refractivity contribution < 1.29 is 17.2 Å². The van der Waals surface area contributed by atoms with Gasteiger partial charge in [0.2, 0.25) is 10.0 Å². The van der Waals surface area contributed by atoms with Crippen molar-refractivity contribution in [2.24, 2.45) is 5.41 Å². The Morgan fingerprint density at radius 1 is 1.31 bits per heavy atom. The quantitative estimate of drug-likeness (QED) is 0.687. The summed E-state index contributed by atoms with van der Waals surface area (Å²) < 4.78 is 57.1. The summed E-state index contributed by atoms with van der Waals surface area (Å²) >= 11 is 3.42. The molecule has 3 rings (SSSR count). The van der Waals surface area contributed by atoms with E-state index in [1.807, 2.05) is 10.6 Å². The Bertz CT molecular complexity index is 915. The largest absolute Gasteiger partial charge is 0.347 e. The number of fused-ring (bicyclic) bond motifs is 1. The molecule has 0 saturated heterocycles. The lowest BCUT2D eigenvalue weighted by atomic mass is 9.97. The van der Waals surface area contributed by atoms with Crippen LogP contribution in [-0.2, 0) is 16.6 Å². The predicted molar refractivity (Wildman–Crippen MR) is 103 cm³/mol. The van der Waals surface area contributed by atoms with Gasteiger partial charge >= 0.3 is 0 Å². The van der Waals surface area contributed by atoms with Gasteiger partial charge < -0.3 is 4.57 Å². The monoisotopic (exact) mass is 448 g/mol. The molecule has 0 aliphatic heterocycles. The second kappa shape index (κ2) is 6.87. The summed E-state index contributed by atoms with van der Waals surface area (Å²) in [6.07, 6.45) is -0.108. The Hall–Kier alpha value is -0.990. The highest BCUT2D eigenvalue weighted by Gasteiger charge is 2.40. The van der Waals surface area contributed by atoms with E-state index in [1.54, 1.807) is 18.3 Å². The Balaban J connectivity index is 2.09. The summed E-state index contributed by atoms with van der Waals surface area (Å²) in [6, 6.07) is 3.87. The minimum absolute atomic E-state index is 0.0562. The van der Waals surface area contributed by atoms with Crippen molar-refractivity contribution in [3.8, 4) is 0 Å². The van der Waals surface area contributed by atoms with Crippen LogP contribution in [0.25, 0.3) is 10.9 Å². The minimum atomic E-state index is -3.73. The molecule has 0 bridgehead atoms. The molecule has 0 radical (unpaired) electrons. The van der Waals surface area contributed by atoms with Gasteiger partial charge in [-0.05, 0) is 30.4 Å². The number of nitrogens with one attached hydrogen (secondary N) is 1.